The van der Waals surface area contributed by atoms with Gasteiger partial charge in [0.25, 0.3) is 5.56 Å². The zero-order valence-electron chi connectivity index (χ0n) is 22.6. The third-order valence-electron chi connectivity index (χ3n) is 6.85. The van der Waals surface area contributed by atoms with Crippen LogP contribution in [0.15, 0.2) is 90.1 Å². The molecule has 5 rings (SSSR count). The Labute approximate surface area is 242 Å². The number of rotatable bonds is 7. The van der Waals surface area contributed by atoms with Crippen molar-refractivity contribution in [1.29, 1.82) is 5.26 Å². The SMILES string of the molecule is CC(c1nc2ncccc2c(=O)n1-c1ccc(C#N)cc1)N(Cc1cccnc1)C(=O)Cc1ccc(F)c(C(F)(F)F)c1. The number of fused-ring (bicyclic) bond motifs is 1. The van der Waals surface area contributed by atoms with E-state index in [1.54, 1.807) is 49.5 Å². The van der Waals surface area contributed by atoms with Crippen LogP contribution in [-0.4, -0.2) is 30.3 Å². The second-order valence-corrected chi connectivity index (χ2v) is 9.69. The molecule has 0 N–H and O–H groups in total. The van der Waals surface area contributed by atoms with Gasteiger partial charge >= 0.3 is 6.18 Å². The lowest BCUT2D eigenvalue weighted by atomic mass is 10.1. The minimum absolute atomic E-state index is 0.0232. The maximum absolute atomic E-state index is 13.9. The molecule has 0 spiro atoms. The summed E-state index contributed by atoms with van der Waals surface area (Å²) in [7, 11) is 0. The van der Waals surface area contributed by atoms with Crippen LogP contribution in [0.25, 0.3) is 16.7 Å². The smallest absolute Gasteiger partial charge is 0.328 e. The van der Waals surface area contributed by atoms with Gasteiger partial charge in [-0.3, -0.25) is 19.1 Å². The number of hydrogen-bond acceptors (Lipinski definition) is 6. The Hall–Kier alpha value is -5.44. The highest BCUT2D eigenvalue weighted by Gasteiger charge is 2.35. The number of amides is 1. The minimum atomic E-state index is -4.94. The molecule has 3 heterocycles. The van der Waals surface area contributed by atoms with E-state index in [0.29, 0.717) is 28.9 Å². The number of benzene rings is 2. The molecule has 1 unspecified atom stereocenters. The summed E-state index contributed by atoms with van der Waals surface area (Å²) in [5.74, 6) is -1.91. The molecule has 1 amide bonds. The second kappa shape index (κ2) is 11.8. The van der Waals surface area contributed by atoms with Gasteiger partial charge in [-0.05, 0) is 72.6 Å². The zero-order chi connectivity index (χ0) is 30.7. The van der Waals surface area contributed by atoms with E-state index in [2.05, 4.69) is 15.0 Å². The minimum Gasteiger partial charge on any atom is -0.328 e. The Morgan fingerprint density at radius 2 is 1.79 bits per heavy atom. The predicted molar refractivity (Wildman–Crippen MR) is 148 cm³/mol. The third-order valence-corrected chi connectivity index (χ3v) is 6.85. The number of hydrogen-bond donors (Lipinski definition) is 0. The maximum atomic E-state index is 13.9. The van der Waals surface area contributed by atoms with Gasteiger partial charge in [0.05, 0.1) is 40.7 Å². The zero-order valence-corrected chi connectivity index (χ0v) is 22.6. The number of carbonyl (C=O) groups is 1. The van der Waals surface area contributed by atoms with E-state index < -0.39 is 41.5 Å². The lowest BCUT2D eigenvalue weighted by Crippen LogP contribution is -2.38. The fraction of sp³-hybridized carbons (Fsp3) is 0.161. The average molecular weight is 587 g/mol. The lowest BCUT2D eigenvalue weighted by Gasteiger charge is -2.31. The molecule has 5 aromatic rings. The van der Waals surface area contributed by atoms with E-state index in [4.69, 9.17) is 0 Å². The van der Waals surface area contributed by atoms with Gasteiger partial charge in [0.2, 0.25) is 5.91 Å². The first-order valence-electron chi connectivity index (χ1n) is 13.0. The molecule has 0 radical (unpaired) electrons. The molecule has 0 saturated carbocycles. The largest absolute Gasteiger partial charge is 0.419 e. The summed E-state index contributed by atoms with van der Waals surface area (Å²) in [6.07, 6.45) is -0.863. The van der Waals surface area contributed by atoms with Crippen LogP contribution in [-0.2, 0) is 23.9 Å². The molecule has 0 aliphatic carbocycles. The molecular weight excluding hydrogens is 564 g/mol. The molecule has 8 nitrogen and oxygen atoms in total. The molecule has 2 aromatic carbocycles. The van der Waals surface area contributed by atoms with Crippen LogP contribution in [0.1, 0.15) is 41.0 Å². The Kier molecular flexibility index (Phi) is 7.98. The Balaban J connectivity index is 1.63. The number of aromatic nitrogens is 4. The van der Waals surface area contributed by atoms with Gasteiger partial charge in [0.15, 0.2) is 5.65 Å². The van der Waals surface area contributed by atoms with Crippen LogP contribution in [0.2, 0.25) is 0 Å². The van der Waals surface area contributed by atoms with Crippen LogP contribution in [0.4, 0.5) is 17.6 Å². The van der Waals surface area contributed by atoms with Gasteiger partial charge in [0, 0.05) is 25.1 Å². The van der Waals surface area contributed by atoms with Gasteiger partial charge in [-0.2, -0.15) is 18.4 Å². The van der Waals surface area contributed by atoms with Crippen molar-refractivity contribution in [3.63, 3.8) is 0 Å². The standard InChI is InChI=1S/C31H22F4N6O2/c1-19(29-39-28-24(5-3-13-38-28)30(43)41(29)23-9-6-20(16-36)7-10-23)40(18-22-4-2-12-37-17-22)27(42)15-21-8-11-26(32)25(14-21)31(33,34)35/h2-14,17,19H,15,18H2,1H3. The number of carbonyl (C=O) groups excluding carboxylic acids is 1. The van der Waals surface area contributed by atoms with Crippen molar-refractivity contribution in [2.24, 2.45) is 0 Å². The first-order chi connectivity index (χ1) is 20.6. The molecule has 1 atom stereocenters. The molecule has 216 valence electrons. The van der Waals surface area contributed by atoms with Gasteiger partial charge in [-0.15, -0.1) is 0 Å². The number of pyridine rings is 2. The van der Waals surface area contributed by atoms with Crippen molar-refractivity contribution >= 4 is 16.9 Å². The van der Waals surface area contributed by atoms with E-state index in [9.17, 15) is 32.4 Å². The molecule has 3 aromatic heterocycles. The van der Waals surface area contributed by atoms with Crippen LogP contribution in [0.5, 0.6) is 0 Å². The van der Waals surface area contributed by atoms with Crippen LogP contribution in [0.3, 0.4) is 0 Å². The van der Waals surface area contributed by atoms with Crippen LogP contribution >= 0.6 is 0 Å². The maximum Gasteiger partial charge on any atom is 0.419 e. The van der Waals surface area contributed by atoms with Gasteiger partial charge in [0.1, 0.15) is 11.6 Å². The molecule has 0 bridgehead atoms. The van der Waals surface area contributed by atoms with Crippen molar-refractivity contribution < 1.29 is 22.4 Å². The van der Waals surface area contributed by atoms with E-state index in [0.717, 1.165) is 6.07 Å². The second-order valence-electron chi connectivity index (χ2n) is 9.69. The normalized spacial score (nSPS) is 12.1. The summed E-state index contributed by atoms with van der Waals surface area (Å²) in [6.45, 7) is 1.61. The molecule has 43 heavy (non-hydrogen) atoms. The molecule has 12 heteroatoms. The van der Waals surface area contributed by atoms with Crippen molar-refractivity contribution in [1.82, 2.24) is 24.4 Å². The van der Waals surface area contributed by atoms with E-state index >= 15 is 0 Å². The quantitative estimate of drug-likeness (QED) is 0.232. The summed E-state index contributed by atoms with van der Waals surface area (Å²) in [5, 5.41) is 9.46. The number of nitriles is 1. The lowest BCUT2D eigenvalue weighted by molar-refractivity contribution is -0.140. The summed E-state index contributed by atoms with van der Waals surface area (Å²) >= 11 is 0. The Morgan fingerprint density at radius 1 is 1.05 bits per heavy atom. The summed E-state index contributed by atoms with van der Waals surface area (Å²) in [6, 6.07) is 16.3. The highest BCUT2D eigenvalue weighted by Crippen LogP contribution is 2.32. The first-order valence-corrected chi connectivity index (χ1v) is 13.0. The first kappa shape index (κ1) is 29.1. The van der Waals surface area contributed by atoms with Crippen LogP contribution in [0, 0.1) is 17.1 Å². The average Bonchev–Trinajstić information content (AvgIpc) is 3.00. The predicted octanol–water partition coefficient (Wildman–Crippen LogP) is 5.54. The third kappa shape index (κ3) is 6.11. The van der Waals surface area contributed by atoms with Crippen molar-refractivity contribution in [2.75, 3.05) is 0 Å². The molecule has 0 aliphatic heterocycles. The fourth-order valence-electron chi connectivity index (χ4n) is 4.70. The van der Waals surface area contributed by atoms with E-state index in [-0.39, 0.29) is 29.0 Å². The Morgan fingerprint density at radius 3 is 2.47 bits per heavy atom. The summed E-state index contributed by atoms with van der Waals surface area (Å²) in [4.78, 5) is 41.9. The van der Waals surface area contributed by atoms with Crippen molar-refractivity contribution in [3.05, 3.63) is 130 Å². The Bertz CT molecular complexity index is 1900. The summed E-state index contributed by atoms with van der Waals surface area (Å²) in [5.41, 5.74) is -0.475. The topological polar surface area (TPSA) is 105 Å². The van der Waals surface area contributed by atoms with E-state index in [1.807, 2.05) is 6.07 Å². The molecule has 0 aliphatic rings. The molecular formula is C31H22F4N6O2. The molecule has 0 fully saturated rings. The van der Waals surface area contributed by atoms with Crippen molar-refractivity contribution in [3.8, 4) is 11.8 Å². The monoisotopic (exact) mass is 586 g/mol. The highest BCUT2D eigenvalue weighted by molar-refractivity contribution is 5.79. The van der Waals surface area contributed by atoms with Crippen molar-refractivity contribution in [2.45, 2.75) is 32.1 Å². The number of halogens is 4. The summed E-state index contributed by atoms with van der Waals surface area (Å²) < 4.78 is 55.4. The van der Waals surface area contributed by atoms with Gasteiger partial charge in [-0.25, -0.2) is 14.4 Å². The van der Waals surface area contributed by atoms with Gasteiger partial charge < -0.3 is 4.90 Å². The van der Waals surface area contributed by atoms with Gasteiger partial charge in [-0.1, -0.05) is 12.1 Å². The highest BCUT2D eigenvalue weighted by atomic mass is 19.4. The van der Waals surface area contributed by atoms with Crippen LogP contribution < -0.4 is 5.56 Å². The number of alkyl halides is 3. The fourth-order valence-corrected chi connectivity index (χ4v) is 4.70. The van der Waals surface area contributed by atoms with E-state index in [1.165, 1.54) is 34.0 Å². The molecule has 0 saturated heterocycles. The number of nitrogens with zero attached hydrogens (tertiary/aromatic N) is 6.